The summed E-state index contributed by atoms with van der Waals surface area (Å²) >= 11 is 0. The van der Waals surface area contributed by atoms with Crippen LogP contribution in [0.15, 0.2) is 24.3 Å². The van der Waals surface area contributed by atoms with Gasteiger partial charge in [-0.15, -0.1) is 0 Å². The van der Waals surface area contributed by atoms with Crippen LogP contribution in [0.5, 0.6) is 0 Å². The zero-order valence-electron chi connectivity index (χ0n) is 13.9. The monoisotopic (exact) mass is 318 g/mol. The van der Waals surface area contributed by atoms with Crippen LogP contribution in [-0.4, -0.2) is 47.8 Å². The fourth-order valence-corrected chi connectivity index (χ4v) is 4.59. The van der Waals surface area contributed by atoms with E-state index >= 15 is 0 Å². The summed E-state index contributed by atoms with van der Waals surface area (Å²) in [6.45, 7) is 6.15. The predicted molar refractivity (Wildman–Crippen MR) is 90.0 cm³/mol. The molecule has 0 spiro atoms. The molecular formula is C19H27FN2O. The lowest BCUT2D eigenvalue weighted by atomic mass is 9.88. The molecule has 0 aromatic heterocycles. The van der Waals surface area contributed by atoms with Crippen LogP contribution < -0.4 is 4.90 Å². The number of piperidine rings is 1. The predicted octanol–water partition coefficient (Wildman–Crippen LogP) is 2.89. The first-order chi connectivity index (χ1) is 11.1. The number of rotatable bonds is 3. The van der Waals surface area contributed by atoms with E-state index in [0.29, 0.717) is 17.9 Å². The van der Waals surface area contributed by atoms with Gasteiger partial charge in [0.15, 0.2) is 0 Å². The average Bonchev–Trinajstić information content (AvgIpc) is 3.36. The molecule has 4 rings (SSSR count). The molecule has 2 aliphatic heterocycles. The first-order valence-corrected chi connectivity index (χ1v) is 9.03. The number of hydrogen-bond acceptors (Lipinski definition) is 3. The molecule has 2 saturated heterocycles. The Bertz CT molecular complexity index is 551. The number of aliphatic hydroxyl groups is 1. The second kappa shape index (κ2) is 5.75. The van der Waals surface area contributed by atoms with Gasteiger partial charge < -0.3 is 10.0 Å². The van der Waals surface area contributed by atoms with E-state index in [2.05, 4.69) is 16.7 Å². The largest absolute Gasteiger partial charge is 0.388 e. The van der Waals surface area contributed by atoms with E-state index < -0.39 is 5.60 Å². The highest BCUT2D eigenvalue weighted by molar-refractivity contribution is 5.46. The van der Waals surface area contributed by atoms with Crippen LogP contribution in [0.2, 0.25) is 0 Å². The van der Waals surface area contributed by atoms with Gasteiger partial charge in [-0.05, 0) is 61.8 Å². The third kappa shape index (κ3) is 2.87. The summed E-state index contributed by atoms with van der Waals surface area (Å²) in [5.74, 6) is 0.765. The van der Waals surface area contributed by atoms with Crippen molar-refractivity contribution in [3.05, 3.63) is 30.1 Å². The lowest BCUT2D eigenvalue weighted by molar-refractivity contribution is -0.00706. The average molecular weight is 318 g/mol. The molecule has 1 N–H and O–H groups in total. The second-order valence-electron chi connectivity index (χ2n) is 7.79. The van der Waals surface area contributed by atoms with Crippen LogP contribution in [0, 0.1) is 17.7 Å². The molecule has 0 radical (unpaired) electrons. The molecule has 4 heteroatoms. The van der Waals surface area contributed by atoms with E-state index in [1.807, 2.05) is 12.1 Å². The number of β-amino-alcohol motifs (C(OH)–C–C–N with tert-alkyl or cyclic N) is 1. The third-order valence-electron chi connectivity index (χ3n) is 6.28. The van der Waals surface area contributed by atoms with Gasteiger partial charge in [-0.25, -0.2) is 4.39 Å². The second-order valence-corrected chi connectivity index (χ2v) is 7.79. The fourth-order valence-electron chi connectivity index (χ4n) is 4.59. The summed E-state index contributed by atoms with van der Waals surface area (Å²) in [7, 11) is 0. The standard InChI is InChI=1S/C19H27FN2O/c1-14-12-22(13-19(14,23)15-2-3-15)18-8-10-21(11-9-18)17-6-4-16(20)5-7-17/h4-7,14-15,18,23H,2-3,8-13H2,1H3/t14-,19+/m1/s1. The Morgan fingerprint density at radius 2 is 1.74 bits per heavy atom. The molecule has 0 amide bonds. The van der Waals surface area contributed by atoms with Crippen molar-refractivity contribution in [2.45, 2.75) is 44.2 Å². The van der Waals surface area contributed by atoms with Crippen molar-refractivity contribution in [2.24, 2.45) is 11.8 Å². The molecule has 1 aromatic rings. The van der Waals surface area contributed by atoms with Gasteiger partial charge in [-0.3, -0.25) is 4.90 Å². The molecule has 3 nitrogen and oxygen atoms in total. The molecule has 1 saturated carbocycles. The molecule has 1 aliphatic carbocycles. The third-order valence-corrected chi connectivity index (χ3v) is 6.28. The summed E-state index contributed by atoms with van der Waals surface area (Å²) in [6.07, 6.45) is 4.67. The maximum atomic E-state index is 13.1. The van der Waals surface area contributed by atoms with Gasteiger partial charge in [0.25, 0.3) is 0 Å². The highest BCUT2D eigenvalue weighted by Crippen LogP contribution is 2.47. The first kappa shape index (κ1) is 15.4. The van der Waals surface area contributed by atoms with E-state index in [1.54, 1.807) is 12.1 Å². The summed E-state index contributed by atoms with van der Waals surface area (Å²) in [4.78, 5) is 4.88. The molecule has 126 valence electrons. The zero-order valence-corrected chi connectivity index (χ0v) is 13.9. The van der Waals surface area contributed by atoms with Crippen molar-refractivity contribution in [3.63, 3.8) is 0 Å². The fraction of sp³-hybridized carbons (Fsp3) is 0.684. The Balaban J connectivity index is 1.36. The lowest BCUT2D eigenvalue weighted by Gasteiger charge is -2.38. The highest BCUT2D eigenvalue weighted by atomic mass is 19.1. The normalized spacial score (nSPS) is 33.3. The van der Waals surface area contributed by atoms with Crippen molar-refractivity contribution >= 4 is 5.69 Å². The Kier molecular flexibility index (Phi) is 3.85. The Morgan fingerprint density at radius 3 is 2.35 bits per heavy atom. The topological polar surface area (TPSA) is 26.7 Å². The Morgan fingerprint density at radius 1 is 1.09 bits per heavy atom. The number of nitrogens with zero attached hydrogens (tertiary/aromatic N) is 2. The molecular weight excluding hydrogens is 291 g/mol. The molecule has 3 aliphatic rings. The van der Waals surface area contributed by atoms with Gasteiger partial charge in [-0.1, -0.05) is 6.92 Å². The van der Waals surface area contributed by atoms with Crippen molar-refractivity contribution in [1.29, 1.82) is 0 Å². The number of hydrogen-bond donors (Lipinski definition) is 1. The van der Waals surface area contributed by atoms with Crippen LogP contribution in [0.4, 0.5) is 10.1 Å². The quantitative estimate of drug-likeness (QED) is 0.928. The summed E-state index contributed by atoms with van der Waals surface area (Å²) in [6, 6.07) is 7.42. The molecule has 1 aromatic carbocycles. The van der Waals surface area contributed by atoms with Crippen LogP contribution in [0.1, 0.15) is 32.6 Å². The van der Waals surface area contributed by atoms with Crippen LogP contribution in [0.3, 0.4) is 0 Å². The van der Waals surface area contributed by atoms with Gasteiger partial charge in [0.05, 0.1) is 5.60 Å². The smallest absolute Gasteiger partial charge is 0.123 e. The maximum absolute atomic E-state index is 13.1. The molecule has 2 atom stereocenters. The summed E-state index contributed by atoms with van der Waals surface area (Å²) in [5, 5.41) is 11.0. The zero-order chi connectivity index (χ0) is 16.0. The van der Waals surface area contributed by atoms with E-state index in [0.717, 1.165) is 44.7 Å². The van der Waals surface area contributed by atoms with Crippen LogP contribution in [-0.2, 0) is 0 Å². The molecule has 0 unspecified atom stereocenters. The summed E-state index contributed by atoms with van der Waals surface area (Å²) in [5.41, 5.74) is 0.683. The molecule has 0 bridgehead atoms. The maximum Gasteiger partial charge on any atom is 0.123 e. The van der Waals surface area contributed by atoms with Gasteiger partial charge in [0.1, 0.15) is 5.82 Å². The van der Waals surface area contributed by atoms with Crippen molar-refractivity contribution in [1.82, 2.24) is 4.90 Å². The highest BCUT2D eigenvalue weighted by Gasteiger charge is 2.53. The minimum absolute atomic E-state index is 0.172. The molecule has 3 fully saturated rings. The number of benzene rings is 1. The van der Waals surface area contributed by atoms with E-state index in [9.17, 15) is 9.50 Å². The molecule has 2 heterocycles. The van der Waals surface area contributed by atoms with Gasteiger partial charge in [-0.2, -0.15) is 0 Å². The number of halogens is 1. The Labute approximate surface area is 138 Å². The summed E-state index contributed by atoms with van der Waals surface area (Å²) < 4.78 is 13.1. The van der Waals surface area contributed by atoms with Gasteiger partial charge in [0, 0.05) is 37.9 Å². The van der Waals surface area contributed by atoms with Crippen molar-refractivity contribution in [3.8, 4) is 0 Å². The van der Waals surface area contributed by atoms with Crippen molar-refractivity contribution in [2.75, 3.05) is 31.1 Å². The number of anilines is 1. The SMILES string of the molecule is C[C@@H]1CN(C2CCN(c3ccc(F)cc3)CC2)C[C@@]1(O)C1CC1. The van der Waals surface area contributed by atoms with E-state index in [4.69, 9.17) is 0 Å². The van der Waals surface area contributed by atoms with Crippen LogP contribution >= 0.6 is 0 Å². The van der Waals surface area contributed by atoms with Crippen molar-refractivity contribution < 1.29 is 9.50 Å². The minimum Gasteiger partial charge on any atom is -0.388 e. The van der Waals surface area contributed by atoms with Gasteiger partial charge in [0.2, 0.25) is 0 Å². The molecule has 23 heavy (non-hydrogen) atoms. The van der Waals surface area contributed by atoms with Gasteiger partial charge >= 0.3 is 0 Å². The van der Waals surface area contributed by atoms with E-state index in [1.165, 1.54) is 12.8 Å². The first-order valence-electron chi connectivity index (χ1n) is 9.03. The number of likely N-dealkylation sites (tertiary alicyclic amines) is 1. The lowest BCUT2D eigenvalue weighted by Crippen LogP contribution is -2.46. The van der Waals surface area contributed by atoms with E-state index in [-0.39, 0.29) is 5.82 Å². The minimum atomic E-state index is -0.436. The van der Waals surface area contributed by atoms with Crippen LogP contribution in [0.25, 0.3) is 0 Å². The Hall–Kier alpha value is -1.13.